The van der Waals surface area contributed by atoms with E-state index >= 15 is 0 Å². The van der Waals surface area contributed by atoms with Crippen LogP contribution in [0.4, 0.5) is 0 Å². The highest BCUT2D eigenvalue weighted by Crippen LogP contribution is 2.40. The zero-order valence-electron chi connectivity index (χ0n) is 5.98. The van der Waals surface area contributed by atoms with Crippen LogP contribution in [0.2, 0.25) is 0 Å². The van der Waals surface area contributed by atoms with E-state index < -0.39 is 0 Å². The molecule has 2 nitrogen and oxygen atoms in total. The fourth-order valence-corrected chi connectivity index (χ4v) is 1.21. The van der Waals surface area contributed by atoms with E-state index in [1.165, 1.54) is 0 Å². The number of rotatable bonds is 2. The fourth-order valence-electron chi connectivity index (χ4n) is 1.21. The van der Waals surface area contributed by atoms with Crippen LogP contribution in [0.25, 0.3) is 0 Å². The third kappa shape index (κ3) is 1.23. The lowest BCUT2D eigenvalue weighted by Gasteiger charge is -1.93. The Morgan fingerprint density at radius 3 is 2.78 bits per heavy atom. The maximum atomic E-state index is 10.8. The average molecular weight is 127 g/mol. The number of nitrogens with one attached hydrogen (secondary N) is 1. The van der Waals surface area contributed by atoms with Crippen LogP contribution in [0.15, 0.2) is 0 Å². The molecule has 1 aliphatic rings. The first-order chi connectivity index (χ1) is 4.29. The summed E-state index contributed by atoms with van der Waals surface area (Å²) in [6.45, 7) is 2.13. The minimum atomic E-state index is 0.224. The molecule has 1 saturated carbocycles. The Balaban J connectivity index is 2.25. The smallest absolute Gasteiger partial charge is 0.223 e. The average Bonchev–Trinajstić information content (AvgIpc) is 2.64. The van der Waals surface area contributed by atoms with E-state index in [-0.39, 0.29) is 5.91 Å². The molecular formula is C7H13NO. The van der Waals surface area contributed by atoms with Gasteiger partial charge in [0.05, 0.1) is 0 Å². The lowest BCUT2D eigenvalue weighted by molar-refractivity contribution is -0.122. The summed E-state index contributed by atoms with van der Waals surface area (Å²) < 4.78 is 0. The zero-order chi connectivity index (χ0) is 6.85. The lowest BCUT2D eigenvalue weighted by atomic mass is 10.2. The summed E-state index contributed by atoms with van der Waals surface area (Å²) in [7, 11) is 1.70. The Kier molecular flexibility index (Phi) is 1.74. The topological polar surface area (TPSA) is 29.1 Å². The number of carbonyl (C=O) groups excluding carboxylic acids is 1. The second kappa shape index (κ2) is 2.38. The van der Waals surface area contributed by atoms with Crippen LogP contribution in [0, 0.1) is 11.8 Å². The lowest BCUT2D eigenvalue weighted by Crippen LogP contribution is -2.20. The molecule has 1 amide bonds. The van der Waals surface area contributed by atoms with Crippen LogP contribution in [0.3, 0.4) is 0 Å². The van der Waals surface area contributed by atoms with Gasteiger partial charge in [0, 0.05) is 13.0 Å². The second-order valence-corrected chi connectivity index (χ2v) is 2.62. The Bertz CT molecular complexity index is 122. The first kappa shape index (κ1) is 6.59. The third-order valence-electron chi connectivity index (χ3n) is 2.03. The van der Waals surface area contributed by atoms with E-state index in [9.17, 15) is 4.79 Å². The van der Waals surface area contributed by atoms with Gasteiger partial charge in [-0.1, -0.05) is 13.3 Å². The van der Waals surface area contributed by atoms with Crippen molar-refractivity contribution in [3.63, 3.8) is 0 Å². The Morgan fingerprint density at radius 1 is 1.78 bits per heavy atom. The van der Waals surface area contributed by atoms with Gasteiger partial charge in [0.2, 0.25) is 5.91 Å². The zero-order valence-corrected chi connectivity index (χ0v) is 5.98. The molecule has 0 bridgehead atoms. The van der Waals surface area contributed by atoms with Gasteiger partial charge in [-0.15, -0.1) is 0 Å². The fraction of sp³-hybridized carbons (Fsp3) is 0.857. The molecule has 1 N–H and O–H groups in total. The highest BCUT2D eigenvalue weighted by molar-refractivity contribution is 5.81. The number of amides is 1. The van der Waals surface area contributed by atoms with Gasteiger partial charge in [0.1, 0.15) is 0 Å². The van der Waals surface area contributed by atoms with E-state index in [0.29, 0.717) is 11.8 Å². The molecule has 9 heavy (non-hydrogen) atoms. The van der Waals surface area contributed by atoms with Crippen molar-refractivity contribution in [2.24, 2.45) is 11.8 Å². The van der Waals surface area contributed by atoms with Gasteiger partial charge in [-0.05, 0) is 12.3 Å². The van der Waals surface area contributed by atoms with Crippen LogP contribution in [-0.4, -0.2) is 13.0 Å². The Hall–Kier alpha value is -0.530. The summed E-state index contributed by atoms with van der Waals surface area (Å²) >= 11 is 0. The van der Waals surface area contributed by atoms with Crippen LogP contribution in [0.1, 0.15) is 19.8 Å². The minimum absolute atomic E-state index is 0.224. The quantitative estimate of drug-likeness (QED) is 0.583. The van der Waals surface area contributed by atoms with Crippen molar-refractivity contribution in [1.82, 2.24) is 5.32 Å². The molecule has 0 spiro atoms. The summed E-state index contributed by atoms with van der Waals surface area (Å²) in [4.78, 5) is 10.8. The molecule has 1 fully saturated rings. The predicted octanol–water partition coefficient (Wildman–Crippen LogP) is 0.778. The van der Waals surface area contributed by atoms with Crippen LogP contribution in [-0.2, 0) is 4.79 Å². The number of hydrogen-bond acceptors (Lipinski definition) is 1. The highest BCUT2D eigenvalue weighted by Gasteiger charge is 2.40. The molecule has 0 aromatic rings. The second-order valence-electron chi connectivity index (χ2n) is 2.62. The van der Waals surface area contributed by atoms with E-state index in [4.69, 9.17) is 0 Å². The summed E-state index contributed by atoms with van der Waals surface area (Å²) in [6.07, 6.45) is 2.26. The Morgan fingerprint density at radius 2 is 2.44 bits per heavy atom. The molecule has 1 aliphatic carbocycles. The van der Waals surface area contributed by atoms with Crippen LogP contribution in [0.5, 0.6) is 0 Å². The SMILES string of the molecule is CCC1CC1C(=O)NC. The van der Waals surface area contributed by atoms with Crippen molar-refractivity contribution in [2.45, 2.75) is 19.8 Å². The van der Waals surface area contributed by atoms with Gasteiger partial charge in [-0.2, -0.15) is 0 Å². The van der Waals surface area contributed by atoms with E-state index in [2.05, 4.69) is 12.2 Å². The van der Waals surface area contributed by atoms with Gasteiger partial charge >= 0.3 is 0 Å². The van der Waals surface area contributed by atoms with Crippen molar-refractivity contribution in [3.05, 3.63) is 0 Å². The van der Waals surface area contributed by atoms with Crippen molar-refractivity contribution < 1.29 is 4.79 Å². The van der Waals surface area contributed by atoms with Gasteiger partial charge < -0.3 is 5.32 Å². The molecule has 2 heteroatoms. The van der Waals surface area contributed by atoms with Crippen molar-refractivity contribution in [1.29, 1.82) is 0 Å². The van der Waals surface area contributed by atoms with Crippen molar-refractivity contribution in [3.8, 4) is 0 Å². The Labute approximate surface area is 55.6 Å². The molecule has 2 atom stereocenters. The van der Waals surface area contributed by atoms with Crippen molar-refractivity contribution >= 4 is 5.91 Å². The van der Waals surface area contributed by atoms with Gasteiger partial charge in [0.25, 0.3) is 0 Å². The summed E-state index contributed by atoms with van der Waals surface area (Å²) in [5.74, 6) is 1.26. The molecule has 0 saturated heterocycles. The van der Waals surface area contributed by atoms with Gasteiger partial charge in [0.15, 0.2) is 0 Å². The normalized spacial score (nSPS) is 31.8. The third-order valence-corrected chi connectivity index (χ3v) is 2.03. The van der Waals surface area contributed by atoms with Crippen LogP contribution < -0.4 is 5.32 Å². The van der Waals surface area contributed by atoms with Crippen LogP contribution >= 0.6 is 0 Å². The monoisotopic (exact) mass is 127 g/mol. The molecule has 0 aromatic heterocycles. The maximum absolute atomic E-state index is 10.8. The molecule has 52 valence electrons. The van der Waals surface area contributed by atoms with E-state index in [1.807, 2.05) is 0 Å². The predicted molar refractivity (Wildman–Crippen MR) is 36.0 cm³/mol. The van der Waals surface area contributed by atoms with Crippen molar-refractivity contribution in [2.75, 3.05) is 7.05 Å². The van der Waals surface area contributed by atoms with Gasteiger partial charge in [-0.25, -0.2) is 0 Å². The maximum Gasteiger partial charge on any atom is 0.223 e. The first-order valence-corrected chi connectivity index (χ1v) is 3.51. The largest absolute Gasteiger partial charge is 0.359 e. The number of hydrogen-bond donors (Lipinski definition) is 1. The minimum Gasteiger partial charge on any atom is -0.359 e. The molecule has 2 unspecified atom stereocenters. The van der Waals surface area contributed by atoms with E-state index in [1.54, 1.807) is 7.05 Å². The molecule has 1 rings (SSSR count). The number of carbonyl (C=O) groups is 1. The summed E-state index contributed by atoms with van der Waals surface area (Å²) in [6, 6.07) is 0. The molecule has 0 heterocycles. The first-order valence-electron chi connectivity index (χ1n) is 3.51. The van der Waals surface area contributed by atoms with Gasteiger partial charge in [-0.3, -0.25) is 4.79 Å². The molecule has 0 radical (unpaired) electrons. The van der Waals surface area contributed by atoms with E-state index in [0.717, 1.165) is 12.8 Å². The summed E-state index contributed by atoms with van der Waals surface area (Å²) in [5, 5.41) is 2.65. The molecular weight excluding hydrogens is 114 g/mol. The molecule has 0 aliphatic heterocycles. The standard InChI is InChI=1S/C7H13NO/c1-3-5-4-6(5)7(9)8-2/h5-6H,3-4H2,1-2H3,(H,8,9). The molecule has 0 aromatic carbocycles. The summed E-state index contributed by atoms with van der Waals surface area (Å²) in [5.41, 5.74) is 0. The highest BCUT2D eigenvalue weighted by atomic mass is 16.1.